The quantitative estimate of drug-likeness (QED) is 0.845. The molecule has 0 atom stereocenters. The molecule has 0 radical (unpaired) electrons. The number of aryl methyl sites for hydroxylation is 1. The van der Waals surface area contributed by atoms with Gasteiger partial charge in [-0.1, -0.05) is 18.5 Å². The van der Waals surface area contributed by atoms with Gasteiger partial charge in [0.1, 0.15) is 18.7 Å². The minimum atomic E-state index is 0.323. The third kappa shape index (κ3) is 2.92. The standard InChI is InChI=1S/C12H15ClN4O/c1-2-5-17-12(15-8-16-17)7-18-11-6-9(14)3-4-10(11)13/h3-4,6,8H,2,5,7,14H2,1H3. The van der Waals surface area contributed by atoms with Crippen LogP contribution >= 0.6 is 11.6 Å². The fraction of sp³-hybridized carbons (Fsp3) is 0.333. The average molecular weight is 267 g/mol. The molecule has 0 aliphatic heterocycles. The highest BCUT2D eigenvalue weighted by atomic mass is 35.5. The number of halogens is 1. The van der Waals surface area contributed by atoms with Crippen LogP contribution in [0.15, 0.2) is 24.5 Å². The molecule has 0 amide bonds. The van der Waals surface area contributed by atoms with Gasteiger partial charge < -0.3 is 10.5 Å². The lowest BCUT2D eigenvalue weighted by molar-refractivity contribution is 0.286. The Balaban J connectivity index is 2.06. The minimum Gasteiger partial charge on any atom is -0.484 e. The van der Waals surface area contributed by atoms with Crippen LogP contribution < -0.4 is 10.5 Å². The molecule has 18 heavy (non-hydrogen) atoms. The molecule has 0 bridgehead atoms. The van der Waals surface area contributed by atoms with Crippen LogP contribution in [0, 0.1) is 0 Å². The van der Waals surface area contributed by atoms with E-state index >= 15 is 0 Å². The first-order valence-corrected chi connectivity index (χ1v) is 6.13. The Bertz CT molecular complexity index is 527. The minimum absolute atomic E-state index is 0.323. The van der Waals surface area contributed by atoms with Crippen LogP contribution in [0.25, 0.3) is 0 Å². The molecule has 2 aromatic rings. The number of ether oxygens (including phenoxy) is 1. The molecule has 1 aromatic carbocycles. The fourth-order valence-corrected chi connectivity index (χ4v) is 1.74. The van der Waals surface area contributed by atoms with Gasteiger partial charge in [-0.25, -0.2) is 9.67 Å². The zero-order chi connectivity index (χ0) is 13.0. The van der Waals surface area contributed by atoms with Crippen molar-refractivity contribution in [1.29, 1.82) is 0 Å². The van der Waals surface area contributed by atoms with Gasteiger partial charge in [0.2, 0.25) is 0 Å². The van der Waals surface area contributed by atoms with Gasteiger partial charge in [0.05, 0.1) is 5.02 Å². The normalized spacial score (nSPS) is 10.6. The molecule has 0 unspecified atom stereocenters. The molecular weight excluding hydrogens is 252 g/mol. The first kappa shape index (κ1) is 12.7. The number of hydrogen-bond acceptors (Lipinski definition) is 4. The SMILES string of the molecule is CCCn1ncnc1COc1cc(N)ccc1Cl. The second kappa shape index (κ2) is 5.73. The summed E-state index contributed by atoms with van der Waals surface area (Å²) in [6.45, 7) is 3.23. The van der Waals surface area contributed by atoms with E-state index in [1.165, 1.54) is 6.33 Å². The molecule has 2 rings (SSSR count). The molecular formula is C12H15ClN4O. The van der Waals surface area contributed by atoms with Gasteiger partial charge in [0.15, 0.2) is 5.82 Å². The predicted molar refractivity (Wildman–Crippen MR) is 70.5 cm³/mol. The molecule has 1 aromatic heterocycles. The van der Waals surface area contributed by atoms with Gasteiger partial charge in [-0.2, -0.15) is 5.10 Å². The summed E-state index contributed by atoms with van der Waals surface area (Å²) in [5, 5.41) is 4.66. The maximum absolute atomic E-state index is 6.01. The van der Waals surface area contributed by atoms with E-state index in [1.807, 2.05) is 4.68 Å². The second-order valence-corrected chi connectivity index (χ2v) is 4.29. The van der Waals surface area contributed by atoms with Crippen LogP contribution in [0.2, 0.25) is 5.02 Å². The van der Waals surface area contributed by atoms with Gasteiger partial charge in [0.25, 0.3) is 0 Å². The van der Waals surface area contributed by atoms with E-state index in [1.54, 1.807) is 18.2 Å². The first-order valence-electron chi connectivity index (χ1n) is 5.75. The van der Waals surface area contributed by atoms with Crippen LogP contribution in [0.4, 0.5) is 5.69 Å². The Morgan fingerprint density at radius 3 is 3.06 bits per heavy atom. The van der Waals surface area contributed by atoms with Crippen molar-refractivity contribution < 1.29 is 4.74 Å². The van der Waals surface area contributed by atoms with Crippen LogP contribution in [0.3, 0.4) is 0 Å². The van der Waals surface area contributed by atoms with E-state index < -0.39 is 0 Å². The molecule has 0 aliphatic rings. The first-order chi connectivity index (χ1) is 8.70. The number of nitrogen functional groups attached to an aromatic ring is 1. The number of rotatable bonds is 5. The summed E-state index contributed by atoms with van der Waals surface area (Å²) in [5.74, 6) is 1.33. The second-order valence-electron chi connectivity index (χ2n) is 3.88. The molecule has 0 saturated carbocycles. The Kier molecular flexibility index (Phi) is 4.04. The third-order valence-electron chi connectivity index (χ3n) is 2.44. The van der Waals surface area contributed by atoms with Gasteiger partial charge in [-0.15, -0.1) is 0 Å². The zero-order valence-corrected chi connectivity index (χ0v) is 10.9. The number of nitrogens with zero attached hydrogens (tertiary/aromatic N) is 3. The van der Waals surface area contributed by atoms with Crippen LogP contribution in [-0.2, 0) is 13.2 Å². The van der Waals surface area contributed by atoms with Gasteiger partial charge in [-0.3, -0.25) is 0 Å². The van der Waals surface area contributed by atoms with Crippen LogP contribution in [-0.4, -0.2) is 14.8 Å². The van der Waals surface area contributed by atoms with E-state index in [9.17, 15) is 0 Å². The van der Waals surface area contributed by atoms with Crippen LogP contribution in [0.1, 0.15) is 19.2 Å². The van der Waals surface area contributed by atoms with Crippen LogP contribution in [0.5, 0.6) is 5.75 Å². The maximum Gasteiger partial charge on any atom is 0.164 e. The van der Waals surface area contributed by atoms with Crippen molar-refractivity contribution in [1.82, 2.24) is 14.8 Å². The fourth-order valence-electron chi connectivity index (χ4n) is 1.57. The van der Waals surface area contributed by atoms with E-state index in [0.717, 1.165) is 18.8 Å². The molecule has 1 heterocycles. The Morgan fingerprint density at radius 1 is 1.44 bits per heavy atom. The summed E-state index contributed by atoms with van der Waals surface area (Å²) in [6, 6.07) is 5.14. The lowest BCUT2D eigenvalue weighted by Crippen LogP contribution is -2.08. The third-order valence-corrected chi connectivity index (χ3v) is 2.76. The Morgan fingerprint density at radius 2 is 2.28 bits per heavy atom. The Hall–Kier alpha value is -1.75. The lowest BCUT2D eigenvalue weighted by atomic mass is 10.3. The summed E-state index contributed by atoms with van der Waals surface area (Å²) in [7, 11) is 0. The molecule has 0 saturated heterocycles. The summed E-state index contributed by atoms with van der Waals surface area (Å²) in [4.78, 5) is 4.15. The molecule has 6 heteroatoms. The van der Waals surface area contributed by atoms with E-state index in [4.69, 9.17) is 22.1 Å². The molecule has 0 spiro atoms. The monoisotopic (exact) mass is 266 g/mol. The maximum atomic E-state index is 6.01. The largest absolute Gasteiger partial charge is 0.484 e. The van der Waals surface area contributed by atoms with Crippen molar-refractivity contribution in [2.45, 2.75) is 26.5 Å². The number of benzene rings is 1. The van der Waals surface area contributed by atoms with Crippen molar-refractivity contribution >= 4 is 17.3 Å². The average Bonchev–Trinajstić information content (AvgIpc) is 2.78. The highest BCUT2D eigenvalue weighted by Crippen LogP contribution is 2.27. The summed E-state index contributed by atoms with van der Waals surface area (Å²) in [6.07, 6.45) is 2.52. The molecule has 2 N–H and O–H groups in total. The number of nitrogens with two attached hydrogens (primary N) is 1. The molecule has 5 nitrogen and oxygen atoms in total. The van der Waals surface area contributed by atoms with Crippen molar-refractivity contribution in [2.24, 2.45) is 0 Å². The van der Waals surface area contributed by atoms with Crippen molar-refractivity contribution in [3.63, 3.8) is 0 Å². The zero-order valence-electron chi connectivity index (χ0n) is 10.1. The molecule has 96 valence electrons. The summed E-state index contributed by atoms with van der Waals surface area (Å²) >= 11 is 6.01. The van der Waals surface area contributed by atoms with E-state index in [-0.39, 0.29) is 0 Å². The highest BCUT2D eigenvalue weighted by molar-refractivity contribution is 6.32. The summed E-state index contributed by atoms with van der Waals surface area (Å²) < 4.78 is 7.43. The highest BCUT2D eigenvalue weighted by Gasteiger charge is 2.07. The van der Waals surface area contributed by atoms with Crippen molar-refractivity contribution in [2.75, 3.05) is 5.73 Å². The van der Waals surface area contributed by atoms with Crippen molar-refractivity contribution in [3.05, 3.63) is 35.4 Å². The lowest BCUT2D eigenvalue weighted by Gasteiger charge is -2.09. The Labute approximate surface area is 111 Å². The van der Waals surface area contributed by atoms with Gasteiger partial charge >= 0.3 is 0 Å². The van der Waals surface area contributed by atoms with E-state index in [2.05, 4.69) is 17.0 Å². The molecule has 0 fully saturated rings. The molecule has 0 aliphatic carbocycles. The number of hydrogen-bond donors (Lipinski definition) is 1. The summed E-state index contributed by atoms with van der Waals surface area (Å²) in [5.41, 5.74) is 6.30. The smallest absolute Gasteiger partial charge is 0.164 e. The number of aromatic nitrogens is 3. The predicted octanol–water partition coefficient (Wildman–Crippen LogP) is 2.50. The van der Waals surface area contributed by atoms with Crippen molar-refractivity contribution in [3.8, 4) is 5.75 Å². The topological polar surface area (TPSA) is 66.0 Å². The van der Waals surface area contributed by atoms with E-state index in [0.29, 0.717) is 23.1 Å². The van der Waals surface area contributed by atoms with Gasteiger partial charge in [0, 0.05) is 18.3 Å². The number of anilines is 1. The van der Waals surface area contributed by atoms with Gasteiger partial charge in [-0.05, 0) is 18.6 Å².